The smallest absolute Gasteiger partial charge is 0.333 e. The molecule has 3 heterocycles. The van der Waals surface area contributed by atoms with Crippen LogP contribution >= 0.6 is 0 Å². The number of aryl methyl sites for hydroxylation is 1. The molecule has 6 rings (SSSR count). The van der Waals surface area contributed by atoms with Crippen LogP contribution in [0.5, 0.6) is 0 Å². The lowest BCUT2D eigenvalue weighted by atomic mass is 9.98. The van der Waals surface area contributed by atoms with Gasteiger partial charge in [0, 0.05) is 18.7 Å². The zero-order chi connectivity index (χ0) is 27.1. The molecule has 39 heavy (non-hydrogen) atoms. The molecule has 0 unspecified atom stereocenters. The Bertz CT molecular complexity index is 1790. The molecule has 1 N–H and O–H groups in total. The summed E-state index contributed by atoms with van der Waals surface area (Å²) >= 11 is 0. The highest BCUT2D eigenvalue weighted by atomic mass is 16.5. The summed E-state index contributed by atoms with van der Waals surface area (Å²) in [6.45, 7) is 2.16. The summed E-state index contributed by atoms with van der Waals surface area (Å²) in [4.78, 5) is 43.5. The molecule has 0 radical (unpaired) electrons. The van der Waals surface area contributed by atoms with Crippen molar-refractivity contribution in [3.63, 3.8) is 0 Å². The van der Waals surface area contributed by atoms with Gasteiger partial charge in [-0.2, -0.15) is 5.21 Å². The highest BCUT2D eigenvalue weighted by Gasteiger charge is 2.27. The molecular weight excluding hydrogens is 500 g/mol. The number of imidazole rings is 1. The number of ether oxygens (including phenoxy) is 1. The van der Waals surface area contributed by atoms with Gasteiger partial charge in [0.2, 0.25) is 5.82 Å². The van der Waals surface area contributed by atoms with Crippen molar-refractivity contribution in [1.29, 1.82) is 0 Å². The Morgan fingerprint density at radius 2 is 1.77 bits per heavy atom. The van der Waals surface area contributed by atoms with E-state index in [2.05, 4.69) is 25.6 Å². The topological polar surface area (TPSA) is 143 Å². The van der Waals surface area contributed by atoms with Crippen molar-refractivity contribution in [3.8, 4) is 22.5 Å². The molecule has 0 bridgehead atoms. The first kappa shape index (κ1) is 24.5. The van der Waals surface area contributed by atoms with E-state index in [-0.39, 0.29) is 12.2 Å². The van der Waals surface area contributed by atoms with E-state index in [1.807, 2.05) is 48.5 Å². The van der Waals surface area contributed by atoms with E-state index in [1.165, 1.54) is 16.2 Å². The molecule has 0 amide bonds. The van der Waals surface area contributed by atoms with E-state index in [1.54, 1.807) is 11.5 Å². The molecule has 0 spiro atoms. The Hall–Kier alpha value is -4.87. The van der Waals surface area contributed by atoms with Gasteiger partial charge < -0.3 is 9.30 Å². The third-order valence-corrected chi connectivity index (χ3v) is 7.08. The Labute approximate surface area is 221 Å². The van der Waals surface area contributed by atoms with E-state index in [0.717, 1.165) is 35.1 Å². The van der Waals surface area contributed by atoms with E-state index in [9.17, 15) is 14.4 Å². The molecule has 1 aliphatic carbocycles. The number of aromatic nitrogens is 8. The third-order valence-electron chi connectivity index (χ3n) is 7.08. The Morgan fingerprint density at radius 1 is 1.03 bits per heavy atom. The summed E-state index contributed by atoms with van der Waals surface area (Å²) in [6.07, 6.45) is 1.95. The zero-order valence-electron chi connectivity index (χ0n) is 21.5. The van der Waals surface area contributed by atoms with Gasteiger partial charge in [0.25, 0.3) is 5.56 Å². The van der Waals surface area contributed by atoms with Gasteiger partial charge in [0.1, 0.15) is 12.4 Å². The van der Waals surface area contributed by atoms with Crippen LogP contribution in [0.4, 0.5) is 0 Å². The van der Waals surface area contributed by atoms with Crippen molar-refractivity contribution in [1.82, 2.24) is 39.3 Å². The Kier molecular flexibility index (Phi) is 6.14. The van der Waals surface area contributed by atoms with E-state index < -0.39 is 17.2 Å². The second-order valence-electron chi connectivity index (χ2n) is 9.70. The zero-order valence-corrected chi connectivity index (χ0v) is 21.5. The van der Waals surface area contributed by atoms with E-state index >= 15 is 0 Å². The van der Waals surface area contributed by atoms with Crippen LogP contribution in [0.3, 0.4) is 0 Å². The molecule has 0 saturated heterocycles. The number of fused-ring (bicyclic) bond motifs is 1. The maximum atomic E-state index is 13.6. The number of hydrogen-bond donors (Lipinski definition) is 1. The van der Waals surface area contributed by atoms with Gasteiger partial charge in [-0.25, -0.2) is 9.78 Å². The first-order valence-electron chi connectivity index (χ1n) is 12.6. The number of rotatable bonds is 8. The van der Waals surface area contributed by atoms with Crippen molar-refractivity contribution in [2.24, 2.45) is 5.92 Å². The SMILES string of the molecule is COC(=O)Cn1c(=O)n(CC2CC2)c(=O)c2c1nc(C)n2Cc1ccc(-c2ccccc2-c2nn[nH]n2)cc1. The number of nitrogens with one attached hydrogen (secondary N) is 1. The van der Waals surface area contributed by atoms with Gasteiger partial charge in [-0.15, -0.1) is 10.2 Å². The van der Waals surface area contributed by atoms with Crippen LogP contribution in [-0.4, -0.2) is 52.4 Å². The Morgan fingerprint density at radius 3 is 2.44 bits per heavy atom. The summed E-state index contributed by atoms with van der Waals surface area (Å²) in [6, 6.07) is 15.8. The molecule has 12 nitrogen and oxygen atoms in total. The lowest BCUT2D eigenvalue weighted by Gasteiger charge is -2.12. The number of aromatic amines is 1. The summed E-state index contributed by atoms with van der Waals surface area (Å²) in [7, 11) is 1.26. The van der Waals surface area contributed by atoms with Crippen molar-refractivity contribution in [2.75, 3.05) is 7.11 Å². The van der Waals surface area contributed by atoms with E-state index in [4.69, 9.17) is 4.74 Å². The molecule has 198 valence electrons. The van der Waals surface area contributed by atoms with Crippen LogP contribution in [0.15, 0.2) is 58.1 Å². The van der Waals surface area contributed by atoms with Gasteiger partial charge in [-0.3, -0.25) is 18.7 Å². The number of carbonyl (C=O) groups excluding carboxylic acids is 1. The first-order chi connectivity index (χ1) is 18.9. The fourth-order valence-corrected chi connectivity index (χ4v) is 4.83. The first-order valence-corrected chi connectivity index (χ1v) is 12.6. The van der Waals surface area contributed by atoms with Gasteiger partial charge in [0.15, 0.2) is 11.2 Å². The number of carbonyl (C=O) groups is 1. The number of methoxy groups -OCH3 is 1. The molecule has 1 saturated carbocycles. The standard InChI is InChI=1S/C27H26N8O4/c1-16-28-25-23(26(37)35(14-17-7-8-17)27(38)34(25)15-22(36)39-2)33(16)13-18-9-11-19(12-10-18)20-5-3-4-6-21(20)24-29-31-32-30-24/h3-6,9-12,17H,7-8,13-15H2,1-2H3,(H,29,30,31,32). The van der Waals surface area contributed by atoms with Crippen molar-refractivity contribution >= 4 is 17.1 Å². The van der Waals surface area contributed by atoms with Crippen molar-refractivity contribution in [3.05, 3.63) is 80.8 Å². The average Bonchev–Trinajstić information content (AvgIpc) is 3.49. The van der Waals surface area contributed by atoms with Crippen LogP contribution in [0.1, 0.15) is 24.2 Å². The molecule has 2 aromatic carbocycles. The van der Waals surface area contributed by atoms with Crippen LogP contribution in [0, 0.1) is 12.8 Å². The monoisotopic (exact) mass is 526 g/mol. The van der Waals surface area contributed by atoms with Gasteiger partial charge in [-0.05, 0) is 47.6 Å². The fraction of sp³-hybridized carbons (Fsp3) is 0.296. The highest BCUT2D eigenvalue weighted by molar-refractivity contribution is 5.80. The minimum Gasteiger partial charge on any atom is -0.468 e. The van der Waals surface area contributed by atoms with Crippen LogP contribution in [0.25, 0.3) is 33.7 Å². The second kappa shape index (κ2) is 9.78. The number of H-pyrrole nitrogens is 1. The summed E-state index contributed by atoms with van der Waals surface area (Å²) in [5.74, 6) is 0.783. The third kappa shape index (κ3) is 4.54. The number of nitrogens with zero attached hydrogens (tertiary/aromatic N) is 7. The average molecular weight is 527 g/mol. The molecule has 1 aliphatic rings. The quantitative estimate of drug-likeness (QED) is 0.303. The van der Waals surface area contributed by atoms with Crippen molar-refractivity contribution < 1.29 is 9.53 Å². The van der Waals surface area contributed by atoms with Gasteiger partial charge in [-0.1, -0.05) is 48.5 Å². The maximum absolute atomic E-state index is 13.6. The molecule has 0 aliphatic heterocycles. The largest absolute Gasteiger partial charge is 0.468 e. The molecular formula is C27H26N8O4. The second-order valence-corrected chi connectivity index (χ2v) is 9.70. The number of benzene rings is 2. The van der Waals surface area contributed by atoms with E-state index in [0.29, 0.717) is 36.2 Å². The van der Waals surface area contributed by atoms with Crippen LogP contribution < -0.4 is 11.2 Å². The molecule has 5 aromatic rings. The maximum Gasteiger partial charge on any atom is 0.333 e. The molecule has 12 heteroatoms. The predicted molar refractivity (Wildman–Crippen MR) is 142 cm³/mol. The van der Waals surface area contributed by atoms with Gasteiger partial charge in [0.05, 0.1) is 7.11 Å². The summed E-state index contributed by atoms with van der Waals surface area (Å²) < 4.78 is 9.08. The molecule has 0 atom stereocenters. The minimum absolute atomic E-state index is 0.186. The highest BCUT2D eigenvalue weighted by Crippen LogP contribution is 2.31. The lowest BCUT2D eigenvalue weighted by Crippen LogP contribution is -2.42. The number of hydrogen-bond acceptors (Lipinski definition) is 8. The lowest BCUT2D eigenvalue weighted by molar-refractivity contribution is -0.141. The minimum atomic E-state index is -0.584. The van der Waals surface area contributed by atoms with Gasteiger partial charge >= 0.3 is 11.7 Å². The molecule has 3 aromatic heterocycles. The normalized spacial score (nSPS) is 13.2. The number of esters is 1. The fourth-order valence-electron chi connectivity index (χ4n) is 4.83. The summed E-state index contributed by atoms with van der Waals surface area (Å²) in [5, 5.41) is 14.4. The number of tetrazole rings is 1. The van der Waals surface area contributed by atoms with Crippen molar-refractivity contribution in [2.45, 2.75) is 39.4 Å². The predicted octanol–water partition coefficient (Wildman–Crippen LogP) is 2.15. The van der Waals surface area contributed by atoms with Crippen LogP contribution in [-0.2, 0) is 29.2 Å². The van der Waals surface area contributed by atoms with Crippen LogP contribution in [0.2, 0.25) is 0 Å². The Balaban J connectivity index is 1.40. The molecule has 1 fully saturated rings. The summed E-state index contributed by atoms with van der Waals surface area (Å²) in [5.41, 5.74) is 3.28.